The van der Waals surface area contributed by atoms with E-state index in [1.54, 1.807) is 18.2 Å². The fourth-order valence-corrected chi connectivity index (χ4v) is 2.65. The van der Waals surface area contributed by atoms with Crippen molar-refractivity contribution in [3.8, 4) is 0 Å². The molecule has 1 aromatic carbocycles. The first kappa shape index (κ1) is 14.5. The molecule has 2 heteroatoms. The summed E-state index contributed by atoms with van der Waals surface area (Å²) >= 11 is 0. The van der Waals surface area contributed by atoms with Gasteiger partial charge in [-0.25, -0.2) is 0 Å². The molecule has 0 spiro atoms. The highest BCUT2D eigenvalue weighted by molar-refractivity contribution is 5.76. The first-order chi connectivity index (χ1) is 9.54. The van der Waals surface area contributed by atoms with Gasteiger partial charge >= 0.3 is 0 Å². The topological polar surface area (TPSA) is 40.5 Å². The average Bonchev–Trinajstić information content (AvgIpc) is 2.43. The number of rotatable bonds is 5. The molecule has 0 bridgehead atoms. The second-order valence-corrected chi connectivity index (χ2v) is 5.17. The van der Waals surface area contributed by atoms with Gasteiger partial charge in [-0.3, -0.25) is 0 Å². The summed E-state index contributed by atoms with van der Waals surface area (Å²) in [5.74, 6) is -1.90. The van der Waals surface area contributed by atoms with Crippen LogP contribution in [0.25, 0.3) is 5.57 Å². The monoisotopic (exact) mass is 268 g/mol. The third-order valence-corrected chi connectivity index (χ3v) is 3.78. The molecule has 0 aromatic heterocycles. The lowest BCUT2D eigenvalue weighted by Crippen LogP contribution is -2.46. The number of hydrogen-bond donors (Lipinski definition) is 2. The van der Waals surface area contributed by atoms with E-state index in [1.807, 2.05) is 36.4 Å². The van der Waals surface area contributed by atoms with Gasteiger partial charge in [-0.05, 0) is 30.1 Å². The maximum Gasteiger partial charge on any atom is 0.192 e. The lowest BCUT2D eigenvalue weighted by molar-refractivity contribution is -0.188. The van der Waals surface area contributed by atoms with Crippen LogP contribution in [0.1, 0.15) is 18.4 Å². The van der Waals surface area contributed by atoms with Crippen molar-refractivity contribution < 1.29 is 10.2 Å². The first-order valence-electron chi connectivity index (χ1n) is 6.69. The Morgan fingerprint density at radius 3 is 2.15 bits per heavy atom. The molecule has 0 aliphatic heterocycles. The Bertz CT molecular complexity index is 540. The van der Waals surface area contributed by atoms with Gasteiger partial charge in [-0.1, -0.05) is 54.6 Å². The smallest absolute Gasteiger partial charge is 0.192 e. The van der Waals surface area contributed by atoms with Crippen LogP contribution in [0, 0.1) is 5.41 Å². The molecular formula is C18H20O2. The predicted octanol–water partition coefficient (Wildman–Crippen LogP) is 3.46. The quantitative estimate of drug-likeness (QED) is 0.634. The predicted molar refractivity (Wildman–Crippen MR) is 82.8 cm³/mol. The Labute approximate surface area is 120 Å². The zero-order chi connectivity index (χ0) is 14.6. The average molecular weight is 268 g/mol. The van der Waals surface area contributed by atoms with Crippen LogP contribution in [0.3, 0.4) is 0 Å². The van der Waals surface area contributed by atoms with E-state index in [-0.39, 0.29) is 0 Å². The van der Waals surface area contributed by atoms with Crippen molar-refractivity contribution in [2.75, 3.05) is 0 Å². The molecule has 0 heterocycles. The van der Waals surface area contributed by atoms with E-state index in [0.717, 1.165) is 11.1 Å². The molecule has 0 unspecified atom stereocenters. The summed E-state index contributed by atoms with van der Waals surface area (Å²) < 4.78 is 0. The van der Waals surface area contributed by atoms with Crippen molar-refractivity contribution in [1.29, 1.82) is 0 Å². The van der Waals surface area contributed by atoms with E-state index >= 15 is 0 Å². The molecule has 0 fully saturated rings. The van der Waals surface area contributed by atoms with Crippen LogP contribution in [-0.2, 0) is 0 Å². The molecule has 1 aromatic rings. The van der Waals surface area contributed by atoms with Gasteiger partial charge in [0.1, 0.15) is 0 Å². The molecule has 0 atom stereocenters. The zero-order valence-electron chi connectivity index (χ0n) is 11.5. The van der Waals surface area contributed by atoms with Crippen LogP contribution in [0.4, 0.5) is 0 Å². The molecule has 0 amide bonds. The second-order valence-electron chi connectivity index (χ2n) is 5.17. The lowest BCUT2D eigenvalue weighted by atomic mass is 9.69. The minimum absolute atomic E-state index is 0.465. The highest BCUT2D eigenvalue weighted by atomic mass is 16.5. The molecule has 2 rings (SSSR count). The van der Waals surface area contributed by atoms with Crippen LogP contribution < -0.4 is 0 Å². The molecule has 2 nitrogen and oxygen atoms in total. The van der Waals surface area contributed by atoms with Gasteiger partial charge in [0.2, 0.25) is 0 Å². The molecule has 20 heavy (non-hydrogen) atoms. The van der Waals surface area contributed by atoms with E-state index < -0.39 is 11.2 Å². The van der Waals surface area contributed by atoms with Gasteiger partial charge < -0.3 is 10.2 Å². The number of allylic oxidation sites excluding steroid dienone is 4. The minimum Gasteiger partial charge on any atom is -0.362 e. The SMILES string of the molecule is C=CCC1(CC=C)C=C(c2ccccc2)C=CC1(O)O. The highest BCUT2D eigenvalue weighted by Gasteiger charge is 2.46. The maximum absolute atomic E-state index is 10.3. The summed E-state index contributed by atoms with van der Waals surface area (Å²) in [6.07, 6.45) is 9.47. The van der Waals surface area contributed by atoms with Crippen molar-refractivity contribution in [2.45, 2.75) is 18.6 Å². The van der Waals surface area contributed by atoms with Gasteiger partial charge in [-0.2, -0.15) is 0 Å². The number of aliphatic hydroxyl groups is 2. The van der Waals surface area contributed by atoms with Gasteiger partial charge in [0.25, 0.3) is 0 Å². The number of hydrogen-bond acceptors (Lipinski definition) is 2. The Balaban J connectivity index is 2.51. The van der Waals surface area contributed by atoms with Crippen molar-refractivity contribution in [3.63, 3.8) is 0 Å². The van der Waals surface area contributed by atoms with Crippen molar-refractivity contribution in [1.82, 2.24) is 0 Å². The van der Waals surface area contributed by atoms with Crippen LogP contribution in [-0.4, -0.2) is 16.0 Å². The summed E-state index contributed by atoms with van der Waals surface area (Å²) in [7, 11) is 0. The fraction of sp³-hybridized carbons (Fsp3) is 0.222. The van der Waals surface area contributed by atoms with Crippen LogP contribution in [0.5, 0.6) is 0 Å². The first-order valence-corrected chi connectivity index (χ1v) is 6.69. The molecule has 1 aliphatic carbocycles. The number of benzene rings is 1. The molecule has 0 radical (unpaired) electrons. The Hall–Kier alpha value is -1.90. The summed E-state index contributed by atoms with van der Waals surface area (Å²) in [6.45, 7) is 7.47. The summed E-state index contributed by atoms with van der Waals surface area (Å²) in [6, 6.07) is 9.90. The van der Waals surface area contributed by atoms with E-state index in [0.29, 0.717) is 12.8 Å². The Morgan fingerprint density at radius 1 is 1.00 bits per heavy atom. The highest BCUT2D eigenvalue weighted by Crippen LogP contribution is 2.45. The normalized spacial score (nSPS) is 19.2. The minimum atomic E-state index is -1.90. The third-order valence-electron chi connectivity index (χ3n) is 3.78. The Kier molecular flexibility index (Phi) is 4.07. The molecule has 104 valence electrons. The standard InChI is InChI=1S/C18H20O2/c1-3-11-17(12-4-2)14-16(10-13-18(17,19)20)15-8-6-5-7-9-15/h3-10,13-14,19-20H,1-2,11-12H2. The van der Waals surface area contributed by atoms with Crippen LogP contribution in [0.2, 0.25) is 0 Å². The van der Waals surface area contributed by atoms with Crippen LogP contribution >= 0.6 is 0 Å². The van der Waals surface area contributed by atoms with Crippen molar-refractivity contribution in [2.24, 2.45) is 5.41 Å². The fourth-order valence-electron chi connectivity index (χ4n) is 2.65. The lowest BCUT2D eigenvalue weighted by Gasteiger charge is -2.41. The van der Waals surface area contributed by atoms with E-state index in [1.165, 1.54) is 6.08 Å². The third kappa shape index (κ3) is 2.53. The van der Waals surface area contributed by atoms with Gasteiger partial charge in [0, 0.05) is 0 Å². The summed E-state index contributed by atoms with van der Waals surface area (Å²) in [5, 5.41) is 20.7. The largest absolute Gasteiger partial charge is 0.362 e. The van der Waals surface area contributed by atoms with Gasteiger partial charge in [-0.15, -0.1) is 13.2 Å². The summed E-state index contributed by atoms with van der Waals surface area (Å²) in [4.78, 5) is 0. The maximum atomic E-state index is 10.3. The van der Waals surface area contributed by atoms with E-state index in [2.05, 4.69) is 13.2 Å². The molecular weight excluding hydrogens is 248 g/mol. The van der Waals surface area contributed by atoms with Crippen molar-refractivity contribution in [3.05, 3.63) is 79.4 Å². The van der Waals surface area contributed by atoms with Crippen molar-refractivity contribution >= 4 is 5.57 Å². The van der Waals surface area contributed by atoms with Crippen LogP contribution in [0.15, 0.2) is 73.9 Å². The molecule has 1 aliphatic rings. The summed E-state index contributed by atoms with van der Waals surface area (Å²) in [5.41, 5.74) is 1.21. The van der Waals surface area contributed by atoms with E-state index in [9.17, 15) is 10.2 Å². The molecule has 0 saturated carbocycles. The van der Waals surface area contributed by atoms with Gasteiger partial charge in [0.15, 0.2) is 5.79 Å². The van der Waals surface area contributed by atoms with Gasteiger partial charge in [0.05, 0.1) is 5.41 Å². The van der Waals surface area contributed by atoms with E-state index in [4.69, 9.17) is 0 Å². The molecule has 0 saturated heterocycles. The second kappa shape index (κ2) is 5.61. The Morgan fingerprint density at radius 2 is 1.60 bits per heavy atom. The molecule has 2 N–H and O–H groups in total. The zero-order valence-corrected chi connectivity index (χ0v) is 11.5.